The lowest BCUT2D eigenvalue weighted by Gasteiger charge is -2.00. The maximum absolute atomic E-state index is 4.69. The molecule has 2 heterocycles. The van der Waals surface area contributed by atoms with E-state index in [-0.39, 0.29) is 0 Å². The summed E-state index contributed by atoms with van der Waals surface area (Å²) in [6.45, 7) is 0. The van der Waals surface area contributed by atoms with Crippen LogP contribution in [0.25, 0.3) is 21.3 Å². The molecular weight excluding hydrogens is 290 g/mol. The second-order valence-electron chi connectivity index (χ2n) is 5.05. The van der Waals surface area contributed by atoms with Gasteiger partial charge in [-0.05, 0) is 35.4 Å². The molecule has 4 rings (SSSR count). The molecule has 0 amide bonds. The van der Waals surface area contributed by atoms with E-state index in [1.165, 1.54) is 15.8 Å². The molecule has 0 aliphatic carbocycles. The fourth-order valence-electron chi connectivity index (χ4n) is 2.44. The Balaban J connectivity index is 1.69. The van der Waals surface area contributed by atoms with E-state index in [4.69, 9.17) is 4.98 Å². The van der Waals surface area contributed by atoms with Crippen molar-refractivity contribution in [1.82, 2.24) is 15.2 Å². The first-order valence-corrected chi connectivity index (χ1v) is 7.91. The van der Waals surface area contributed by atoms with E-state index >= 15 is 0 Å². The highest BCUT2D eigenvalue weighted by atomic mass is 32.1. The smallest absolute Gasteiger partial charge is 0.0998 e. The van der Waals surface area contributed by atoms with Crippen LogP contribution in [0.15, 0.2) is 66.9 Å². The maximum Gasteiger partial charge on any atom is 0.0998 e. The molecule has 4 heteroatoms. The average molecular weight is 303 g/mol. The van der Waals surface area contributed by atoms with E-state index in [1.54, 1.807) is 17.5 Å². The van der Waals surface area contributed by atoms with Crippen molar-refractivity contribution in [3.63, 3.8) is 0 Å². The molecule has 0 saturated heterocycles. The molecule has 0 aliphatic rings. The second-order valence-corrected chi connectivity index (χ2v) is 6.16. The number of hydrogen-bond donors (Lipinski definition) is 0. The number of rotatable bonds is 3. The summed E-state index contributed by atoms with van der Waals surface area (Å²) in [6.07, 6.45) is 2.42. The Bertz CT molecular complexity index is 901. The minimum absolute atomic E-state index is 0.730. The quantitative estimate of drug-likeness (QED) is 0.565. The fourth-order valence-corrected chi connectivity index (χ4v) is 3.46. The van der Waals surface area contributed by atoms with Crippen molar-refractivity contribution in [2.24, 2.45) is 0 Å². The summed E-state index contributed by atoms with van der Waals surface area (Å²) in [5, 5.41) is 9.11. The van der Waals surface area contributed by atoms with Gasteiger partial charge in [0.15, 0.2) is 0 Å². The molecule has 0 fully saturated rings. The van der Waals surface area contributed by atoms with Gasteiger partial charge >= 0.3 is 0 Å². The molecule has 0 aliphatic heterocycles. The van der Waals surface area contributed by atoms with E-state index in [9.17, 15) is 0 Å². The van der Waals surface area contributed by atoms with Gasteiger partial charge in [0.05, 0.1) is 20.9 Å². The topological polar surface area (TPSA) is 38.7 Å². The van der Waals surface area contributed by atoms with Gasteiger partial charge in [0.1, 0.15) is 0 Å². The highest BCUT2D eigenvalue weighted by molar-refractivity contribution is 7.18. The fraction of sp³-hybridized carbons (Fsp3) is 0.0556. The minimum atomic E-state index is 0.730. The van der Waals surface area contributed by atoms with Gasteiger partial charge in [0.2, 0.25) is 0 Å². The standard InChI is InChI=1S/C18H13N3S/c1-2-5-13(6-3-1)14-8-9-16-17(11-14)22-18(20-16)12-15-7-4-10-19-21-15/h1-11H,12H2. The number of aromatic nitrogens is 3. The summed E-state index contributed by atoms with van der Waals surface area (Å²) in [4.78, 5) is 4.69. The summed E-state index contributed by atoms with van der Waals surface area (Å²) in [7, 11) is 0. The van der Waals surface area contributed by atoms with Crippen LogP contribution in [0, 0.1) is 0 Å². The number of fused-ring (bicyclic) bond motifs is 1. The van der Waals surface area contributed by atoms with Crippen molar-refractivity contribution < 1.29 is 0 Å². The normalized spacial score (nSPS) is 10.9. The van der Waals surface area contributed by atoms with Gasteiger partial charge in [0, 0.05) is 12.6 Å². The van der Waals surface area contributed by atoms with E-state index in [0.717, 1.165) is 22.6 Å². The first-order valence-electron chi connectivity index (χ1n) is 7.10. The van der Waals surface area contributed by atoms with Crippen molar-refractivity contribution >= 4 is 21.6 Å². The monoisotopic (exact) mass is 303 g/mol. The molecule has 4 aromatic rings. The van der Waals surface area contributed by atoms with E-state index in [0.29, 0.717) is 0 Å². The Hall–Kier alpha value is -2.59. The Morgan fingerprint density at radius 1 is 0.864 bits per heavy atom. The molecule has 0 bridgehead atoms. The van der Waals surface area contributed by atoms with Crippen LogP contribution >= 0.6 is 11.3 Å². The maximum atomic E-state index is 4.69. The van der Waals surface area contributed by atoms with Crippen molar-refractivity contribution in [2.45, 2.75) is 6.42 Å². The third-order valence-electron chi connectivity index (χ3n) is 3.50. The summed E-state index contributed by atoms with van der Waals surface area (Å²) in [6, 6.07) is 20.7. The van der Waals surface area contributed by atoms with Crippen LogP contribution in [0.3, 0.4) is 0 Å². The van der Waals surface area contributed by atoms with Gasteiger partial charge in [-0.3, -0.25) is 0 Å². The minimum Gasteiger partial charge on any atom is -0.241 e. The Labute approximate surface area is 132 Å². The number of benzene rings is 2. The van der Waals surface area contributed by atoms with Crippen LogP contribution in [-0.4, -0.2) is 15.2 Å². The lowest BCUT2D eigenvalue weighted by Crippen LogP contribution is -1.92. The zero-order valence-corrected chi connectivity index (χ0v) is 12.6. The highest BCUT2D eigenvalue weighted by Gasteiger charge is 2.07. The van der Waals surface area contributed by atoms with Crippen molar-refractivity contribution in [2.75, 3.05) is 0 Å². The van der Waals surface area contributed by atoms with Gasteiger partial charge in [-0.15, -0.1) is 11.3 Å². The van der Waals surface area contributed by atoms with E-state index < -0.39 is 0 Å². The molecule has 0 saturated carbocycles. The predicted molar refractivity (Wildman–Crippen MR) is 89.9 cm³/mol. The van der Waals surface area contributed by atoms with Gasteiger partial charge in [-0.2, -0.15) is 10.2 Å². The number of hydrogen-bond acceptors (Lipinski definition) is 4. The Morgan fingerprint density at radius 3 is 2.59 bits per heavy atom. The molecule has 0 radical (unpaired) electrons. The first-order chi connectivity index (χ1) is 10.9. The molecule has 2 aromatic carbocycles. The lowest BCUT2D eigenvalue weighted by molar-refractivity contribution is 0.933. The van der Waals surface area contributed by atoms with Gasteiger partial charge in [-0.25, -0.2) is 4.98 Å². The number of thiazole rings is 1. The zero-order valence-electron chi connectivity index (χ0n) is 11.8. The molecule has 3 nitrogen and oxygen atoms in total. The summed E-state index contributed by atoms with van der Waals surface area (Å²) in [5.41, 5.74) is 4.45. The SMILES string of the molecule is c1ccc(-c2ccc3nc(Cc4cccnn4)sc3c2)cc1. The van der Waals surface area contributed by atoms with Gasteiger partial charge in [0.25, 0.3) is 0 Å². The van der Waals surface area contributed by atoms with Crippen LogP contribution < -0.4 is 0 Å². The molecule has 0 atom stereocenters. The molecule has 0 unspecified atom stereocenters. The van der Waals surface area contributed by atoms with Crippen LogP contribution in [0.2, 0.25) is 0 Å². The Kier molecular flexibility index (Phi) is 3.37. The predicted octanol–water partition coefficient (Wildman–Crippen LogP) is 4.34. The summed E-state index contributed by atoms with van der Waals surface area (Å²) < 4.78 is 1.21. The van der Waals surface area contributed by atoms with Gasteiger partial charge < -0.3 is 0 Å². The second kappa shape index (κ2) is 5.66. The average Bonchev–Trinajstić information content (AvgIpc) is 2.98. The van der Waals surface area contributed by atoms with Crippen molar-refractivity contribution in [1.29, 1.82) is 0 Å². The highest BCUT2D eigenvalue weighted by Crippen LogP contribution is 2.28. The third-order valence-corrected chi connectivity index (χ3v) is 4.52. The molecule has 2 aromatic heterocycles. The molecule has 0 N–H and O–H groups in total. The largest absolute Gasteiger partial charge is 0.241 e. The van der Waals surface area contributed by atoms with Crippen LogP contribution in [0.1, 0.15) is 10.7 Å². The first kappa shape index (κ1) is 13.1. The summed E-state index contributed by atoms with van der Waals surface area (Å²) >= 11 is 1.72. The third kappa shape index (κ3) is 2.61. The molecule has 0 spiro atoms. The Morgan fingerprint density at radius 2 is 1.77 bits per heavy atom. The zero-order chi connectivity index (χ0) is 14.8. The van der Waals surface area contributed by atoms with E-state index in [2.05, 4.69) is 52.7 Å². The molecule has 106 valence electrons. The lowest BCUT2D eigenvalue weighted by atomic mass is 10.1. The molecular formula is C18H13N3S. The van der Waals surface area contributed by atoms with E-state index in [1.807, 2.05) is 18.2 Å². The van der Waals surface area contributed by atoms with Crippen LogP contribution in [0.4, 0.5) is 0 Å². The van der Waals surface area contributed by atoms with Crippen LogP contribution in [0.5, 0.6) is 0 Å². The number of nitrogens with zero attached hydrogens (tertiary/aromatic N) is 3. The molecule has 22 heavy (non-hydrogen) atoms. The summed E-state index contributed by atoms with van der Waals surface area (Å²) in [5.74, 6) is 0. The van der Waals surface area contributed by atoms with Crippen molar-refractivity contribution in [3.05, 3.63) is 77.6 Å². The van der Waals surface area contributed by atoms with Crippen LogP contribution in [-0.2, 0) is 6.42 Å². The van der Waals surface area contributed by atoms with Gasteiger partial charge in [-0.1, -0.05) is 36.4 Å². The van der Waals surface area contributed by atoms with Crippen molar-refractivity contribution in [3.8, 4) is 11.1 Å².